The van der Waals surface area contributed by atoms with Gasteiger partial charge in [-0.15, -0.1) is 0 Å². The maximum absolute atomic E-state index is 12.9. The second-order valence-electron chi connectivity index (χ2n) is 2.82. The number of ether oxygens (including phenoxy) is 1. The van der Waals surface area contributed by atoms with Gasteiger partial charge in [0, 0.05) is 0 Å². The third-order valence-corrected chi connectivity index (χ3v) is 2.44. The van der Waals surface area contributed by atoms with Crippen molar-refractivity contribution in [3.63, 3.8) is 0 Å². The average Bonchev–Trinajstić information content (AvgIpc) is 2.10. The summed E-state index contributed by atoms with van der Waals surface area (Å²) in [5.41, 5.74) is 0.347. The van der Waals surface area contributed by atoms with Gasteiger partial charge in [0.1, 0.15) is 12.4 Å². The van der Waals surface area contributed by atoms with Gasteiger partial charge in [0.15, 0.2) is 0 Å². The van der Waals surface area contributed by atoms with Crippen molar-refractivity contribution in [3.8, 4) is 0 Å². The van der Waals surface area contributed by atoms with Crippen LogP contribution in [0.25, 0.3) is 0 Å². The number of rotatable bonds is 3. The Morgan fingerprint density at radius 2 is 1.93 bits per heavy atom. The fourth-order valence-corrected chi connectivity index (χ4v) is 1.32. The number of hydrogen-bond donors (Lipinski definition) is 0. The maximum atomic E-state index is 12.9. The van der Waals surface area contributed by atoms with E-state index in [0.717, 1.165) is 0 Å². The first-order valence-corrected chi connectivity index (χ1v) is 4.77. The zero-order chi connectivity index (χ0) is 11.5. The summed E-state index contributed by atoms with van der Waals surface area (Å²) in [5, 5.41) is 0. The molecule has 1 rings (SSSR count). The Balaban J connectivity index is 2.55. The molecular formula is C9H7BrF4O. The van der Waals surface area contributed by atoms with E-state index in [1.165, 1.54) is 18.2 Å². The van der Waals surface area contributed by atoms with Gasteiger partial charge in [-0.05, 0) is 27.6 Å². The minimum absolute atomic E-state index is 0.132. The molecule has 15 heavy (non-hydrogen) atoms. The van der Waals surface area contributed by atoms with Crippen LogP contribution >= 0.6 is 15.9 Å². The van der Waals surface area contributed by atoms with Crippen LogP contribution in [-0.2, 0) is 11.3 Å². The van der Waals surface area contributed by atoms with E-state index in [1.54, 1.807) is 0 Å². The zero-order valence-corrected chi connectivity index (χ0v) is 9.03. The van der Waals surface area contributed by atoms with Gasteiger partial charge in [-0.2, -0.15) is 13.2 Å². The minimum Gasteiger partial charge on any atom is -0.367 e. The molecule has 0 heterocycles. The summed E-state index contributed by atoms with van der Waals surface area (Å²) in [6.45, 7) is -1.62. The molecule has 0 amide bonds. The molecule has 6 heteroatoms. The van der Waals surface area contributed by atoms with Gasteiger partial charge in [-0.1, -0.05) is 12.1 Å². The quantitative estimate of drug-likeness (QED) is 0.771. The predicted octanol–water partition coefficient (Wildman–Crippen LogP) is 3.67. The molecule has 1 aromatic rings. The molecule has 0 spiro atoms. The molecule has 0 aliphatic heterocycles. The molecule has 0 radical (unpaired) electrons. The molecule has 0 atom stereocenters. The van der Waals surface area contributed by atoms with E-state index < -0.39 is 18.6 Å². The fraction of sp³-hybridized carbons (Fsp3) is 0.333. The van der Waals surface area contributed by atoms with Crippen molar-refractivity contribution in [1.82, 2.24) is 0 Å². The topological polar surface area (TPSA) is 9.23 Å². The van der Waals surface area contributed by atoms with Crippen molar-refractivity contribution in [2.24, 2.45) is 0 Å². The largest absolute Gasteiger partial charge is 0.411 e. The Labute approximate surface area is 92.2 Å². The average molecular weight is 287 g/mol. The lowest BCUT2D eigenvalue weighted by molar-refractivity contribution is -0.176. The molecule has 1 aromatic carbocycles. The lowest BCUT2D eigenvalue weighted by atomic mass is 10.2. The lowest BCUT2D eigenvalue weighted by Gasteiger charge is -2.08. The Morgan fingerprint density at radius 1 is 1.27 bits per heavy atom. The SMILES string of the molecule is Fc1cccc(COCC(F)(F)F)c1Br. The van der Waals surface area contributed by atoms with Crippen LogP contribution in [0.5, 0.6) is 0 Å². The highest BCUT2D eigenvalue weighted by atomic mass is 79.9. The van der Waals surface area contributed by atoms with Crippen LogP contribution < -0.4 is 0 Å². The van der Waals surface area contributed by atoms with E-state index in [1.807, 2.05) is 0 Å². The standard InChI is InChI=1S/C9H7BrF4O/c10-8-6(2-1-3-7(8)11)4-15-5-9(12,13)14/h1-3H,4-5H2. The van der Waals surface area contributed by atoms with Crippen LogP contribution in [0.2, 0.25) is 0 Å². The van der Waals surface area contributed by atoms with Crippen LogP contribution in [0.15, 0.2) is 22.7 Å². The van der Waals surface area contributed by atoms with Crippen LogP contribution in [0.1, 0.15) is 5.56 Å². The lowest BCUT2D eigenvalue weighted by Crippen LogP contribution is -2.16. The number of alkyl halides is 3. The zero-order valence-electron chi connectivity index (χ0n) is 7.44. The van der Waals surface area contributed by atoms with E-state index in [2.05, 4.69) is 20.7 Å². The molecule has 0 fully saturated rings. The number of benzene rings is 1. The molecule has 84 valence electrons. The van der Waals surface area contributed by atoms with Gasteiger partial charge in [0.25, 0.3) is 0 Å². The van der Waals surface area contributed by atoms with Crippen molar-refractivity contribution < 1.29 is 22.3 Å². The van der Waals surface area contributed by atoms with E-state index in [9.17, 15) is 17.6 Å². The first kappa shape index (κ1) is 12.4. The summed E-state index contributed by atoms with van der Waals surface area (Å²) in [6, 6.07) is 4.10. The summed E-state index contributed by atoms with van der Waals surface area (Å²) in [5.74, 6) is -0.525. The Bertz CT molecular complexity index is 337. The van der Waals surface area contributed by atoms with Crippen molar-refractivity contribution in [3.05, 3.63) is 34.1 Å². The number of hydrogen-bond acceptors (Lipinski definition) is 1. The van der Waals surface area contributed by atoms with E-state index in [-0.39, 0.29) is 11.1 Å². The van der Waals surface area contributed by atoms with Crippen LogP contribution in [0.3, 0.4) is 0 Å². The second-order valence-corrected chi connectivity index (χ2v) is 3.61. The second kappa shape index (κ2) is 4.94. The molecule has 1 nitrogen and oxygen atoms in total. The molecule has 0 aromatic heterocycles. The van der Waals surface area contributed by atoms with Gasteiger partial charge in [0.05, 0.1) is 11.1 Å². The smallest absolute Gasteiger partial charge is 0.367 e. The summed E-state index contributed by atoms with van der Waals surface area (Å²) < 4.78 is 52.6. The molecule has 0 aliphatic rings. The molecule has 0 aliphatic carbocycles. The van der Waals surface area contributed by atoms with Gasteiger partial charge in [0.2, 0.25) is 0 Å². The van der Waals surface area contributed by atoms with Crippen LogP contribution in [-0.4, -0.2) is 12.8 Å². The number of halogens is 5. The summed E-state index contributed by atoms with van der Waals surface area (Å²) in [6.07, 6.45) is -4.36. The van der Waals surface area contributed by atoms with Gasteiger partial charge in [-0.25, -0.2) is 4.39 Å². The predicted molar refractivity (Wildman–Crippen MR) is 49.8 cm³/mol. The first-order chi connectivity index (χ1) is 6.90. The van der Waals surface area contributed by atoms with Crippen LogP contribution in [0, 0.1) is 5.82 Å². The van der Waals surface area contributed by atoms with Gasteiger partial charge in [-0.3, -0.25) is 0 Å². The molecule has 0 N–H and O–H groups in total. The fourth-order valence-electron chi connectivity index (χ4n) is 0.937. The molecular weight excluding hydrogens is 280 g/mol. The highest BCUT2D eigenvalue weighted by Gasteiger charge is 2.27. The summed E-state index contributed by atoms with van der Waals surface area (Å²) in [4.78, 5) is 0. The Hall–Kier alpha value is -0.620. The molecule has 0 unspecified atom stereocenters. The third kappa shape index (κ3) is 4.17. The van der Waals surface area contributed by atoms with E-state index >= 15 is 0 Å². The van der Waals surface area contributed by atoms with E-state index in [4.69, 9.17) is 0 Å². The minimum atomic E-state index is -4.36. The first-order valence-electron chi connectivity index (χ1n) is 3.97. The summed E-state index contributed by atoms with van der Waals surface area (Å²) in [7, 11) is 0. The monoisotopic (exact) mass is 286 g/mol. The van der Waals surface area contributed by atoms with Gasteiger partial charge < -0.3 is 4.74 Å². The molecule has 0 bridgehead atoms. The highest BCUT2D eigenvalue weighted by Crippen LogP contribution is 2.22. The van der Waals surface area contributed by atoms with Crippen molar-refractivity contribution in [2.75, 3.05) is 6.61 Å². The van der Waals surface area contributed by atoms with E-state index in [0.29, 0.717) is 5.56 Å². The third-order valence-electron chi connectivity index (χ3n) is 1.55. The highest BCUT2D eigenvalue weighted by molar-refractivity contribution is 9.10. The Kier molecular flexibility index (Phi) is 4.10. The Morgan fingerprint density at radius 3 is 2.53 bits per heavy atom. The van der Waals surface area contributed by atoms with Gasteiger partial charge >= 0.3 is 6.18 Å². The summed E-state index contributed by atoms with van der Waals surface area (Å²) >= 11 is 2.92. The van der Waals surface area contributed by atoms with Crippen molar-refractivity contribution >= 4 is 15.9 Å². The van der Waals surface area contributed by atoms with Crippen LogP contribution in [0.4, 0.5) is 17.6 Å². The van der Waals surface area contributed by atoms with Crippen molar-refractivity contribution in [2.45, 2.75) is 12.8 Å². The normalized spacial score (nSPS) is 11.8. The molecule has 0 saturated heterocycles. The van der Waals surface area contributed by atoms with Crippen molar-refractivity contribution in [1.29, 1.82) is 0 Å². The maximum Gasteiger partial charge on any atom is 0.411 e. The molecule has 0 saturated carbocycles.